The van der Waals surface area contributed by atoms with Gasteiger partial charge in [-0.15, -0.1) is 0 Å². The van der Waals surface area contributed by atoms with Crippen molar-refractivity contribution in [2.75, 3.05) is 22.9 Å². The molecule has 2 heteroatoms. The molecule has 2 aliphatic heterocycles. The van der Waals surface area contributed by atoms with Crippen LogP contribution in [0.5, 0.6) is 0 Å². The lowest BCUT2D eigenvalue weighted by atomic mass is 9.83. The summed E-state index contributed by atoms with van der Waals surface area (Å²) in [5, 5.41) is 10.1. The van der Waals surface area contributed by atoms with E-state index in [-0.39, 0.29) is 0 Å². The highest BCUT2D eigenvalue weighted by molar-refractivity contribution is 6.25. The van der Waals surface area contributed by atoms with Crippen LogP contribution in [0.3, 0.4) is 0 Å². The second-order valence-corrected chi connectivity index (χ2v) is 16.6. The summed E-state index contributed by atoms with van der Waals surface area (Å²) in [5.41, 5.74) is 15.6. The van der Waals surface area contributed by atoms with Crippen LogP contribution in [0, 0.1) is 0 Å². The number of aryl methyl sites for hydroxylation is 2. The van der Waals surface area contributed by atoms with Crippen molar-refractivity contribution in [1.29, 1.82) is 0 Å². The average molecular weight is 769 g/mol. The molecule has 286 valence electrons. The zero-order valence-corrected chi connectivity index (χ0v) is 33.6. The lowest BCUT2D eigenvalue weighted by molar-refractivity contribution is 0.767. The lowest BCUT2D eigenvalue weighted by Gasteiger charge is -2.32. The number of anilines is 4. The Morgan fingerprint density at radius 1 is 0.317 bits per heavy atom. The Balaban J connectivity index is 1.20. The molecule has 2 heterocycles. The fourth-order valence-corrected chi connectivity index (χ4v) is 10.5. The molecule has 60 heavy (non-hydrogen) atoms. The molecule has 0 saturated carbocycles. The van der Waals surface area contributed by atoms with Gasteiger partial charge in [-0.05, 0) is 156 Å². The molecule has 0 bridgehead atoms. The van der Waals surface area contributed by atoms with E-state index >= 15 is 0 Å². The van der Waals surface area contributed by atoms with Gasteiger partial charge in [-0.2, -0.15) is 0 Å². The van der Waals surface area contributed by atoms with Gasteiger partial charge in [0, 0.05) is 35.8 Å². The monoisotopic (exact) mass is 768 g/mol. The van der Waals surface area contributed by atoms with Crippen molar-refractivity contribution in [3.05, 3.63) is 205 Å². The zero-order chi connectivity index (χ0) is 39.6. The van der Waals surface area contributed by atoms with E-state index in [1.165, 1.54) is 110 Å². The van der Waals surface area contributed by atoms with Gasteiger partial charge in [0.25, 0.3) is 0 Å². The van der Waals surface area contributed by atoms with Crippen molar-refractivity contribution in [3.8, 4) is 33.4 Å². The molecule has 0 saturated heterocycles. The second-order valence-electron chi connectivity index (χ2n) is 16.6. The molecule has 0 N–H and O–H groups in total. The number of para-hydroxylation sites is 2. The molecule has 0 aliphatic carbocycles. The van der Waals surface area contributed by atoms with Crippen LogP contribution in [0.15, 0.2) is 194 Å². The van der Waals surface area contributed by atoms with E-state index in [0.717, 1.165) is 38.8 Å². The summed E-state index contributed by atoms with van der Waals surface area (Å²) in [7, 11) is 0. The number of fused-ring (bicyclic) bond motifs is 6. The molecule has 0 unspecified atom stereocenters. The third-order valence-electron chi connectivity index (χ3n) is 13.2. The number of hydrogen-bond acceptors (Lipinski definition) is 2. The Morgan fingerprint density at radius 2 is 0.850 bits per heavy atom. The Bertz CT molecular complexity index is 3290. The molecule has 0 fully saturated rings. The maximum atomic E-state index is 2.55. The van der Waals surface area contributed by atoms with Crippen molar-refractivity contribution in [1.82, 2.24) is 0 Å². The topological polar surface area (TPSA) is 6.48 Å². The zero-order valence-electron chi connectivity index (χ0n) is 33.6. The van der Waals surface area contributed by atoms with E-state index in [0.29, 0.717) is 0 Å². The van der Waals surface area contributed by atoms with Gasteiger partial charge in [-0.3, -0.25) is 0 Å². The first kappa shape index (κ1) is 34.8. The van der Waals surface area contributed by atoms with E-state index < -0.39 is 0 Å². The maximum Gasteiger partial charge on any atom is 0.0443 e. The second kappa shape index (κ2) is 14.3. The Hall–Kier alpha value is -7.16. The summed E-state index contributed by atoms with van der Waals surface area (Å²) < 4.78 is 0. The third kappa shape index (κ3) is 5.70. The van der Waals surface area contributed by atoms with E-state index in [1.807, 2.05) is 0 Å². The molecule has 12 rings (SSSR count). The van der Waals surface area contributed by atoms with Gasteiger partial charge in [-0.1, -0.05) is 152 Å². The first-order chi connectivity index (χ1) is 29.8. The van der Waals surface area contributed by atoms with Crippen LogP contribution >= 0.6 is 0 Å². The minimum absolute atomic E-state index is 0.998. The summed E-state index contributed by atoms with van der Waals surface area (Å²) in [6, 6.07) is 73.0. The molecule has 0 atom stereocenters. The summed E-state index contributed by atoms with van der Waals surface area (Å²) >= 11 is 0. The van der Waals surface area contributed by atoms with Gasteiger partial charge in [0.1, 0.15) is 0 Å². The third-order valence-corrected chi connectivity index (χ3v) is 13.2. The highest BCUT2D eigenvalue weighted by Crippen LogP contribution is 2.50. The smallest absolute Gasteiger partial charge is 0.0443 e. The van der Waals surface area contributed by atoms with E-state index in [9.17, 15) is 0 Å². The molecule has 10 aromatic carbocycles. The molecule has 10 aromatic rings. The van der Waals surface area contributed by atoms with Gasteiger partial charge in [-0.25, -0.2) is 0 Å². The molecular formula is C58H44N2. The summed E-state index contributed by atoms with van der Waals surface area (Å²) in [6.45, 7) is 2.00. The number of rotatable bonds is 5. The van der Waals surface area contributed by atoms with Crippen LogP contribution in [0.2, 0.25) is 0 Å². The van der Waals surface area contributed by atoms with E-state index in [1.54, 1.807) is 0 Å². The number of nitrogens with zero attached hydrogens (tertiary/aromatic N) is 2. The van der Waals surface area contributed by atoms with Crippen molar-refractivity contribution < 1.29 is 0 Å². The quantitative estimate of drug-likeness (QED) is 0.161. The SMILES string of the molecule is c1ccc(-c2ccc(-c3c4ccc(N5CCCc6ccccc65)cc4c(-c4ccc5ccccc5c4)c4ccc(N5CCCc6ccccc65)cc34)c3ccccc23)cc1. The normalized spacial score (nSPS) is 13.9. The van der Waals surface area contributed by atoms with Gasteiger partial charge >= 0.3 is 0 Å². The fraction of sp³-hybridized carbons (Fsp3) is 0.103. The molecule has 0 aromatic heterocycles. The van der Waals surface area contributed by atoms with Crippen LogP contribution < -0.4 is 9.80 Å². The van der Waals surface area contributed by atoms with Crippen molar-refractivity contribution in [2.45, 2.75) is 25.7 Å². The van der Waals surface area contributed by atoms with Gasteiger partial charge < -0.3 is 9.80 Å². The van der Waals surface area contributed by atoms with Gasteiger partial charge in [0.2, 0.25) is 0 Å². The van der Waals surface area contributed by atoms with E-state index in [2.05, 4.69) is 204 Å². The number of hydrogen-bond donors (Lipinski definition) is 0. The van der Waals surface area contributed by atoms with Crippen molar-refractivity contribution in [2.24, 2.45) is 0 Å². The Kier molecular flexibility index (Phi) is 8.30. The highest BCUT2D eigenvalue weighted by atomic mass is 15.1. The summed E-state index contributed by atoms with van der Waals surface area (Å²) in [6.07, 6.45) is 4.51. The van der Waals surface area contributed by atoms with Crippen LogP contribution in [0.4, 0.5) is 22.7 Å². The molecular weight excluding hydrogens is 725 g/mol. The molecule has 0 spiro atoms. The first-order valence-electron chi connectivity index (χ1n) is 21.6. The molecule has 2 nitrogen and oxygen atoms in total. The van der Waals surface area contributed by atoms with Crippen LogP contribution in [-0.4, -0.2) is 13.1 Å². The number of benzene rings is 10. The largest absolute Gasteiger partial charge is 0.341 e. The summed E-state index contributed by atoms with van der Waals surface area (Å²) in [5.74, 6) is 0. The van der Waals surface area contributed by atoms with Gasteiger partial charge in [0.05, 0.1) is 0 Å². The lowest BCUT2D eigenvalue weighted by Crippen LogP contribution is -2.24. The fourth-order valence-electron chi connectivity index (χ4n) is 10.5. The molecule has 2 aliphatic rings. The van der Waals surface area contributed by atoms with Crippen LogP contribution in [-0.2, 0) is 12.8 Å². The van der Waals surface area contributed by atoms with Crippen molar-refractivity contribution >= 4 is 65.8 Å². The average Bonchev–Trinajstić information content (AvgIpc) is 3.32. The highest BCUT2D eigenvalue weighted by Gasteiger charge is 2.25. The van der Waals surface area contributed by atoms with E-state index in [4.69, 9.17) is 0 Å². The minimum Gasteiger partial charge on any atom is -0.341 e. The summed E-state index contributed by atoms with van der Waals surface area (Å²) in [4.78, 5) is 5.10. The van der Waals surface area contributed by atoms with Crippen LogP contribution in [0.25, 0.3) is 76.5 Å². The predicted octanol–water partition coefficient (Wildman–Crippen LogP) is 15.5. The predicted molar refractivity (Wildman–Crippen MR) is 256 cm³/mol. The first-order valence-corrected chi connectivity index (χ1v) is 21.6. The molecule has 0 radical (unpaired) electrons. The maximum absolute atomic E-state index is 2.55. The van der Waals surface area contributed by atoms with Gasteiger partial charge in [0.15, 0.2) is 0 Å². The standard InChI is InChI=1S/C58H44N2/c1-2-15-40(16-3-1)47-32-33-50(49-23-9-8-22-48(47)49)58-52-31-29-45(59-34-12-20-41-17-6-10-24-55(41)59)37-53(52)57(44-27-26-39-14-4-5-19-43(39)36-44)51-30-28-46(38-54(51)58)60-35-13-21-42-18-7-11-25-56(42)60/h1-11,14-19,22-33,36-38H,12-13,20-21,34-35H2. The Morgan fingerprint density at radius 3 is 1.53 bits per heavy atom. The van der Waals surface area contributed by atoms with Crippen molar-refractivity contribution in [3.63, 3.8) is 0 Å². The van der Waals surface area contributed by atoms with Crippen LogP contribution in [0.1, 0.15) is 24.0 Å². The minimum atomic E-state index is 0.998. The molecule has 0 amide bonds. The Labute approximate surface area is 351 Å².